The molecule has 0 radical (unpaired) electrons. The second-order valence-corrected chi connectivity index (χ2v) is 5.98. The predicted octanol–water partition coefficient (Wildman–Crippen LogP) is 5.51. The molecule has 1 heterocycles. The van der Waals surface area contributed by atoms with Gasteiger partial charge in [-0.05, 0) is 59.7 Å². The van der Waals surface area contributed by atoms with E-state index >= 15 is 0 Å². The Morgan fingerprint density at radius 2 is 1.76 bits per heavy atom. The SMILES string of the molecule is O=C(/C=C/c1ccc(OC(F)F)cc1)Nc1cccc(/C=C/c2ccccn2)c1. The first kappa shape index (κ1) is 19.9. The Bertz CT molecular complexity index is 1000. The van der Waals surface area contributed by atoms with E-state index in [1.54, 1.807) is 30.5 Å². The number of carbonyl (C=O) groups is 1. The molecule has 0 saturated carbocycles. The van der Waals surface area contributed by atoms with E-state index in [9.17, 15) is 13.6 Å². The van der Waals surface area contributed by atoms with Crippen LogP contribution in [0.15, 0.2) is 79.0 Å². The highest BCUT2D eigenvalue weighted by Gasteiger charge is 2.03. The number of amides is 1. The fourth-order valence-corrected chi connectivity index (χ4v) is 2.49. The second-order valence-electron chi connectivity index (χ2n) is 5.98. The van der Waals surface area contributed by atoms with E-state index in [2.05, 4.69) is 15.0 Å². The number of halogens is 2. The van der Waals surface area contributed by atoms with Gasteiger partial charge in [0.2, 0.25) is 5.91 Å². The lowest BCUT2D eigenvalue weighted by Gasteiger charge is -2.04. The number of alkyl halides is 2. The van der Waals surface area contributed by atoms with Crippen LogP contribution in [0.4, 0.5) is 14.5 Å². The van der Waals surface area contributed by atoms with Gasteiger partial charge in [-0.3, -0.25) is 9.78 Å². The van der Waals surface area contributed by atoms with Crippen molar-refractivity contribution in [1.29, 1.82) is 0 Å². The summed E-state index contributed by atoms with van der Waals surface area (Å²) >= 11 is 0. The monoisotopic (exact) mass is 392 g/mol. The summed E-state index contributed by atoms with van der Waals surface area (Å²) in [5, 5.41) is 2.79. The van der Waals surface area contributed by atoms with Crippen molar-refractivity contribution in [3.63, 3.8) is 0 Å². The van der Waals surface area contributed by atoms with E-state index in [0.717, 1.165) is 11.3 Å². The topological polar surface area (TPSA) is 51.2 Å². The van der Waals surface area contributed by atoms with Gasteiger partial charge in [0.25, 0.3) is 0 Å². The largest absolute Gasteiger partial charge is 0.435 e. The van der Waals surface area contributed by atoms with Crippen LogP contribution in [0.5, 0.6) is 5.75 Å². The van der Waals surface area contributed by atoms with E-state index in [0.29, 0.717) is 11.3 Å². The van der Waals surface area contributed by atoms with Gasteiger partial charge >= 0.3 is 6.61 Å². The highest BCUT2D eigenvalue weighted by molar-refractivity contribution is 6.02. The molecule has 0 aliphatic carbocycles. The van der Waals surface area contributed by atoms with Crippen LogP contribution in [0, 0.1) is 0 Å². The highest BCUT2D eigenvalue weighted by atomic mass is 19.3. The molecule has 146 valence electrons. The molecule has 0 bridgehead atoms. The summed E-state index contributed by atoms with van der Waals surface area (Å²) in [7, 11) is 0. The smallest absolute Gasteiger partial charge is 0.387 e. The summed E-state index contributed by atoms with van der Waals surface area (Å²) in [6.07, 6.45) is 8.49. The lowest BCUT2D eigenvalue weighted by molar-refractivity contribution is -0.111. The zero-order valence-electron chi connectivity index (χ0n) is 15.3. The van der Waals surface area contributed by atoms with Crippen molar-refractivity contribution in [2.45, 2.75) is 6.61 Å². The number of pyridine rings is 1. The van der Waals surface area contributed by atoms with Crippen LogP contribution >= 0.6 is 0 Å². The summed E-state index contributed by atoms with van der Waals surface area (Å²) < 4.78 is 28.6. The van der Waals surface area contributed by atoms with Gasteiger partial charge in [-0.1, -0.05) is 36.4 Å². The molecule has 1 amide bonds. The summed E-state index contributed by atoms with van der Waals surface area (Å²) in [4.78, 5) is 16.4. The van der Waals surface area contributed by atoms with Gasteiger partial charge in [-0.15, -0.1) is 0 Å². The van der Waals surface area contributed by atoms with Crippen molar-refractivity contribution in [3.8, 4) is 5.75 Å². The third-order valence-electron chi connectivity index (χ3n) is 3.82. The minimum Gasteiger partial charge on any atom is -0.435 e. The zero-order chi connectivity index (χ0) is 20.5. The molecule has 0 unspecified atom stereocenters. The number of carbonyl (C=O) groups excluding carboxylic acids is 1. The van der Waals surface area contributed by atoms with Crippen molar-refractivity contribution in [2.75, 3.05) is 5.32 Å². The second kappa shape index (κ2) is 9.94. The molecule has 0 saturated heterocycles. The number of rotatable bonds is 7. The number of aromatic nitrogens is 1. The van der Waals surface area contributed by atoms with Gasteiger partial charge in [0.15, 0.2) is 0 Å². The van der Waals surface area contributed by atoms with Crippen LogP contribution in [0.1, 0.15) is 16.8 Å². The van der Waals surface area contributed by atoms with Gasteiger partial charge in [0.05, 0.1) is 5.69 Å². The Kier molecular flexibility index (Phi) is 6.84. The first-order valence-corrected chi connectivity index (χ1v) is 8.81. The van der Waals surface area contributed by atoms with Gasteiger partial charge in [-0.25, -0.2) is 0 Å². The van der Waals surface area contributed by atoms with Crippen LogP contribution < -0.4 is 10.1 Å². The fourth-order valence-electron chi connectivity index (χ4n) is 2.49. The maximum Gasteiger partial charge on any atom is 0.387 e. The van der Waals surface area contributed by atoms with Gasteiger partial charge in [0.1, 0.15) is 5.75 Å². The molecule has 0 fully saturated rings. The number of nitrogens with zero attached hydrogens (tertiary/aromatic N) is 1. The van der Waals surface area contributed by atoms with E-state index in [1.165, 1.54) is 18.2 Å². The van der Waals surface area contributed by atoms with E-state index in [1.807, 2.05) is 48.6 Å². The highest BCUT2D eigenvalue weighted by Crippen LogP contribution is 2.16. The Balaban J connectivity index is 1.59. The molecule has 2 aromatic carbocycles. The molecule has 0 aliphatic rings. The Morgan fingerprint density at radius 3 is 2.48 bits per heavy atom. The maximum absolute atomic E-state index is 12.1. The van der Waals surface area contributed by atoms with Crippen LogP contribution in [0.2, 0.25) is 0 Å². The summed E-state index contributed by atoms with van der Waals surface area (Å²) in [6.45, 7) is -2.86. The number of hydrogen-bond donors (Lipinski definition) is 1. The summed E-state index contributed by atoms with van der Waals surface area (Å²) in [5.41, 5.74) is 3.11. The molecule has 0 aliphatic heterocycles. The molecular formula is C23H18F2N2O2. The Morgan fingerprint density at radius 1 is 0.931 bits per heavy atom. The lowest BCUT2D eigenvalue weighted by atomic mass is 10.1. The molecular weight excluding hydrogens is 374 g/mol. The fraction of sp³-hybridized carbons (Fsp3) is 0.0435. The van der Waals surface area contributed by atoms with Gasteiger partial charge in [-0.2, -0.15) is 8.78 Å². The van der Waals surface area contributed by atoms with Crippen LogP contribution in [-0.4, -0.2) is 17.5 Å². The number of benzene rings is 2. The molecule has 4 nitrogen and oxygen atoms in total. The molecule has 1 N–H and O–H groups in total. The average molecular weight is 392 g/mol. The number of ether oxygens (including phenoxy) is 1. The summed E-state index contributed by atoms with van der Waals surface area (Å²) in [5.74, 6) is -0.235. The van der Waals surface area contributed by atoms with E-state index in [4.69, 9.17) is 0 Å². The Labute approximate surface area is 167 Å². The zero-order valence-corrected chi connectivity index (χ0v) is 15.3. The molecule has 0 spiro atoms. The summed E-state index contributed by atoms with van der Waals surface area (Å²) in [6, 6.07) is 19.1. The predicted molar refractivity (Wildman–Crippen MR) is 110 cm³/mol. The quantitative estimate of drug-likeness (QED) is 0.540. The standard InChI is InChI=1S/C23H18F2N2O2/c24-23(25)29-21-12-8-17(9-13-21)10-14-22(28)27-20-6-3-4-18(16-20)7-11-19-5-1-2-15-26-19/h1-16,23H,(H,27,28)/b11-7+,14-10+. The Hall–Kier alpha value is -3.80. The van der Waals surface area contributed by atoms with Gasteiger partial charge < -0.3 is 10.1 Å². The first-order valence-electron chi connectivity index (χ1n) is 8.81. The maximum atomic E-state index is 12.1. The first-order chi connectivity index (χ1) is 14.1. The van der Waals surface area contributed by atoms with Crippen molar-refractivity contribution in [3.05, 3.63) is 95.8 Å². The number of anilines is 1. The molecule has 3 rings (SSSR count). The average Bonchev–Trinajstić information content (AvgIpc) is 2.72. The molecule has 3 aromatic rings. The lowest BCUT2D eigenvalue weighted by Crippen LogP contribution is -2.07. The van der Waals surface area contributed by atoms with Crippen LogP contribution in [0.25, 0.3) is 18.2 Å². The molecule has 0 atom stereocenters. The molecule has 6 heteroatoms. The van der Waals surface area contributed by atoms with Crippen molar-refractivity contribution >= 4 is 29.8 Å². The van der Waals surface area contributed by atoms with Crippen molar-refractivity contribution < 1.29 is 18.3 Å². The van der Waals surface area contributed by atoms with Crippen molar-refractivity contribution in [1.82, 2.24) is 4.98 Å². The van der Waals surface area contributed by atoms with Crippen molar-refractivity contribution in [2.24, 2.45) is 0 Å². The number of hydrogen-bond acceptors (Lipinski definition) is 3. The molecule has 29 heavy (non-hydrogen) atoms. The third-order valence-corrected chi connectivity index (χ3v) is 3.82. The van der Waals surface area contributed by atoms with Gasteiger partial charge in [0, 0.05) is 18.0 Å². The van der Waals surface area contributed by atoms with E-state index < -0.39 is 6.61 Å². The molecule has 1 aromatic heterocycles. The number of nitrogens with one attached hydrogen (secondary N) is 1. The minimum absolute atomic E-state index is 0.0668. The van der Waals surface area contributed by atoms with E-state index in [-0.39, 0.29) is 11.7 Å². The minimum atomic E-state index is -2.86. The third kappa shape index (κ3) is 6.70. The van der Waals surface area contributed by atoms with Crippen LogP contribution in [-0.2, 0) is 4.79 Å². The normalized spacial score (nSPS) is 11.3. The van der Waals surface area contributed by atoms with Crippen LogP contribution in [0.3, 0.4) is 0 Å².